The van der Waals surface area contributed by atoms with Crippen molar-refractivity contribution in [1.29, 1.82) is 0 Å². The summed E-state index contributed by atoms with van der Waals surface area (Å²) in [7, 11) is 0. The molecule has 2 aromatic carbocycles. The molecule has 0 aliphatic rings. The van der Waals surface area contributed by atoms with Gasteiger partial charge >= 0.3 is 0 Å². The number of rotatable bonds is 8. The highest BCUT2D eigenvalue weighted by atomic mass is 32.1. The number of hydrogen-bond acceptors (Lipinski definition) is 4. The minimum Gasteiger partial charge on any atom is -0.491 e. The van der Waals surface area contributed by atoms with E-state index < -0.39 is 0 Å². The maximum atomic E-state index is 12.9. The van der Waals surface area contributed by atoms with Crippen molar-refractivity contribution >= 4 is 29.2 Å². The zero-order valence-corrected chi connectivity index (χ0v) is 18.7. The summed E-state index contributed by atoms with van der Waals surface area (Å²) >= 11 is 1.49. The van der Waals surface area contributed by atoms with Crippen molar-refractivity contribution in [1.82, 2.24) is 10.6 Å². The fraction of sp³-hybridized carbons (Fsp3) is 0.200. The molecule has 0 fully saturated rings. The average Bonchev–Trinajstić information content (AvgIpc) is 3.26. The summed E-state index contributed by atoms with van der Waals surface area (Å²) in [5.74, 6) is 0.109. The molecule has 0 spiro atoms. The largest absolute Gasteiger partial charge is 0.491 e. The molecule has 1 aromatic heterocycles. The van der Waals surface area contributed by atoms with Gasteiger partial charge in [0.25, 0.3) is 11.8 Å². The van der Waals surface area contributed by atoms with Gasteiger partial charge in [0.1, 0.15) is 11.4 Å². The van der Waals surface area contributed by atoms with Crippen LogP contribution in [0.25, 0.3) is 6.08 Å². The van der Waals surface area contributed by atoms with E-state index in [1.165, 1.54) is 11.3 Å². The van der Waals surface area contributed by atoms with Crippen molar-refractivity contribution in [3.63, 3.8) is 0 Å². The van der Waals surface area contributed by atoms with Crippen LogP contribution in [0.4, 0.5) is 0 Å². The molecule has 0 unspecified atom stereocenters. The standard InChI is InChI=1S/C25H26N2O3S/c1-17(2)30-21-12-8-19(9-13-21)16-26-25(29)23(15-22-5-4-14-31-22)27-24(28)20-10-6-18(3)7-11-20/h4-15,17H,16H2,1-3H3,(H,26,29)(H,27,28)/b23-15-. The van der Waals surface area contributed by atoms with Crippen LogP contribution in [0.3, 0.4) is 0 Å². The molecule has 31 heavy (non-hydrogen) atoms. The molecule has 1 heterocycles. The van der Waals surface area contributed by atoms with Crippen LogP contribution in [0.15, 0.2) is 71.7 Å². The Hall–Kier alpha value is -3.38. The molecular weight excluding hydrogens is 408 g/mol. The second-order valence-corrected chi connectivity index (χ2v) is 8.37. The Bertz CT molecular complexity index is 1040. The van der Waals surface area contributed by atoms with E-state index in [1.807, 2.05) is 74.7 Å². The van der Waals surface area contributed by atoms with Crippen LogP contribution in [0.5, 0.6) is 5.75 Å². The summed E-state index contributed by atoms with van der Waals surface area (Å²) in [6, 6.07) is 18.6. The van der Waals surface area contributed by atoms with E-state index in [2.05, 4.69) is 10.6 Å². The van der Waals surface area contributed by atoms with Crippen LogP contribution in [0.2, 0.25) is 0 Å². The topological polar surface area (TPSA) is 67.4 Å². The van der Waals surface area contributed by atoms with E-state index in [-0.39, 0.29) is 23.6 Å². The first-order chi connectivity index (χ1) is 14.9. The Morgan fingerprint density at radius 2 is 1.74 bits per heavy atom. The average molecular weight is 435 g/mol. The molecule has 2 amide bonds. The van der Waals surface area contributed by atoms with Gasteiger partial charge in [-0.1, -0.05) is 35.9 Å². The summed E-state index contributed by atoms with van der Waals surface area (Å²) in [5, 5.41) is 7.55. The van der Waals surface area contributed by atoms with E-state index in [0.717, 1.165) is 21.8 Å². The molecule has 0 radical (unpaired) electrons. The van der Waals surface area contributed by atoms with E-state index in [4.69, 9.17) is 4.74 Å². The highest BCUT2D eigenvalue weighted by Gasteiger charge is 2.15. The maximum Gasteiger partial charge on any atom is 0.268 e. The van der Waals surface area contributed by atoms with Gasteiger partial charge in [-0.3, -0.25) is 9.59 Å². The van der Waals surface area contributed by atoms with E-state index >= 15 is 0 Å². The van der Waals surface area contributed by atoms with Crippen LogP contribution < -0.4 is 15.4 Å². The van der Waals surface area contributed by atoms with Crippen molar-refractivity contribution in [3.05, 3.63) is 93.3 Å². The predicted molar refractivity (Wildman–Crippen MR) is 125 cm³/mol. The minimum absolute atomic E-state index is 0.104. The lowest BCUT2D eigenvalue weighted by atomic mass is 10.1. The number of nitrogens with one attached hydrogen (secondary N) is 2. The van der Waals surface area contributed by atoms with Crippen molar-refractivity contribution in [3.8, 4) is 5.75 Å². The number of carbonyl (C=O) groups is 2. The Kier molecular flexibility index (Phi) is 7.62. The van der Waals surface area contributed by atoms with Crippen molar-refractivity contribution in [2.45, 2.75) is 33.4 Å². The third-order valence-electron chi connectivity index (χ3n) is 4.38. The van der Waals surface area contributed by atoms with Crippen LogP contribution >= 0.6 is 11.3 Å². The van der Waals surface area contributed by atoms with Crippen molar-refractivity contribution in [2.75, 3.05) is 0 Å². The Labute approximate surface area is 186 Å². The highest BCUT2D eigenvalue weighted by Crippen LogP contribution is 2.15. The van der Waals surface area contributed by atoms with E-state index in [0.29, 0.717) is 12.1 Å². The second-order valence-electron chi connectivity index (χ2n) is 7.39. The lowest BCUT2D eigenvalue weighted by Gasteiger charge is -2.12. The molecule has 0 saturated carbocycles. The molecule has 2 N–H and O–H groups in total. The van der Waals surface area contributed by atoms with Gasteiger partial charge in [0.15, 0.2) is 0 Å². The van der Waals surface area contributed by atoms with E-state index in [1.54, 1.807) is 18.2 Å². The van der Waals surface area contributed by atoms with Crippen molar-refractivity contribution < 1.29 is 14.3 Å². The van der Waals surface area contributed by atoms with Crippen LogP contribution in [0, 0.1) is 6.92 Å². The normalized spacial score (nSPS) is 11.3. The lowest BCUT2D eigenvalue weighted by Crippen LogP contribution is -2.34. The zero-order valence-electron chi connectivity index (χ0n) is 17.8. The molecule has 160 valence electrons. The number of thiophene rings is 1. The molecule has 0 saturated heterocycles. The summed E-state index contributed by atoms with van der Waals surface area (Å²) in [4.78, 5) is 26.4. The summed E-state index contributed by atoms with van der Waals surface area (Å²) in [6.07, 6.45) is 1.79. The van der Waals surface area contributed by atoms with Gasteiger partial charge in [0.2, 0.25) is 0 Å². The number of aryl methyl sites for hydroxylation is 1. The van der Waals surface area contributed by atoms with Crippen molar-refractivity contribution in [2.24, 2.45) is 0 Å². The first-order valence-corrected chi connectivity index (χ1v) is 11.0. The molecular formula is C25H26N2O3S. The summed E-state index contributed by atoms with van der Waals surface area (Å²) in [6.45, 7) is 6.24. The second kappa shape index (κ2) is 10.6. The monoisotopic (exact) mass is 434 g/mol. The first kappa shape index (κ1) is 22.3. The third kappa shape index (κ3) is 6.83. The SMILES string of the molecule is Cc1ccc(C(=O)N/C(=C\c2cccs2)C(=O)NCc2ccc(OC(C)C)cc2)cc1. The number of carbonyl (C=O) groups excluding carboxylic acids is 2. The van der Waals surface area contributed by atoms with Gasteiger partial charge in [-0.15, -0.1) is 11.3 Å². The fourth-order valence-electron chi connectivity index (χ4n) is 2.81. The number of benzene rings is 2. The number of ether oxygens (including phenoxy) is 1. The molecule has 0 aliphatic heterocycles. The van der Waals surface area contributed by atoms with Gasteiger partial charge in [0, 0.05) is 17.0 Å². The highest BCUT2D eigenvalue weighted by molar-refractivity contribution is 7.10. The Morgan fingerprint density at radius 3 is 2.35 bits per heavy atom. The molecule has 5 nitrogen and oxygen atoms in total. The molecule has 0 bridgehead atoms. The van der Waals surface area contributed by atoms with Crippen LogP contribution in [-0.4, -0.2) is 17.9 Å². The van der Waals surface area contributed by atoms with Crippen LogP contribution in [0.1, 0.15) is 40.2 Å². The molecule has 6 heteroatoms. The van der Waals surface area contributed by atoms with Gasteiger partial charge in [-0.05, 0) is 68.1 Å². The molecule has 0 aliphatic carbocycles. The van der Waals surface area contributed by atoms with Gasteiger partial charge < -0.3 is 15.4 Å². The quantitative estimate of drug-likeness (QED) is 0.494. The molecule has 3 rings (SSSR count). The van der Waals surface area contributed by atoms with E-state index in [9.17, 15) is 9.59 Å². The summed E-state index contributed by atoms with van der Waals surface area (Å²) < 4.78 is 5.64. The summed E-state index contributed by atoms with van der Waals surface area (Å²) in [5.41, 5.74) is 2.70. The first-order valence-electron chi connectivity index (χ1n) is 10.1. The number of amides is 2. The molecule has 3 aromatic rings. The van der Waals surface area contributed by atoms with Gasteiger partial charge in [-0.25, -0.2) is 0 Å². The molecule has 0 atom stereocenters. The fourth-order valence-corrected chi connectivity index (χ4v) is 3.47. The zero-order chi connectivity index (χ0) is 22.2. The smallest absolute Gasteiger partial charge is 0.268 e. The lowest BCUT2D eigenvalue weighted by molar-refractivity contribution is -0.117. The number of hydrogen-bond donors (Lipinski definition) is 2. The predicted octanol–water partition coefficient (Wildman–Crippen LogP) is 4.93. The third-order valence-corrected chi connectivity index (χ3v) is 5.20. The Balaban J connectivity index is 1.69. The maximum absolute atomic E-state index is 12.9. The minimum atomic E-state index is -0.351. The van der Waals surface area contributed by atoms with Crippen LogP contribution in [-0.2, 0) is 11.3 Å². The van der Waals surface area contributed by atoms with Gasteiger partial charge in [0.05, 0.1) is 6.10 Å². The van der Waals surface area contributed by atoms with Gasteiger partial charge in [-0.2, -0.15) is 0 Å². The Morgan fingerprint density at radius 1 is 1.03 bits per heavy atom.